The molecule has 0 saturated carbocycles. The Morgan fingerprint density at radius 2 is 2.03 bits per heavy atom. The maximum absolute atomic E-state index is 15.0. The van der Waals surface area contributed by atoms with Crippen LogP contribution in [-0.2, 0) is 22.4 Å². The highest BCUT2D eigenvalue weighted by molar-refractivity contribution is 5.97. The number of ether oxygens (including phenoxy) is 1. The van der Waals surface area contributed by atoms with Crippen molar-refractivity contribution in [3.63, 3.8) is 0 Å². The molecule has 0 unspecified atom stereocenters. The molecular formula is C25H27FN4O3. The first kappa shape index (κ1) is 22.9. The molecule has 8 heteroatoms. The Balaban J connectivity index is 1.52. The van der Waals surface area contributed by atoms with Gasteiger partial charge in [0.15, 0.2) is 0 Å². The molecule has 1 saturated heterocycles. The predicted molar refractivity (Wildman–Crippen MR) is 121 cm³/mol. The molecule has 2 aliphatic rings. The van der Waals surface area contributed by atoms with Crippen molar-refractivity contribution in [1.29, 1.82) is 5.26 Å². The fourth-order valence-corrected chi connectivity index (χ4v) is 4.45. The molecule has 2 N–H and O–H groups in total. The van der Waals surface area contributed by atoms with E-state index >= 15 is 4.39 Å². The summed E-state index contributed by atoms with van der Waals surface area (Å²) in [5.74, 6) is -0.948. The molecule has 2 aromatic carbocycles. The third-order valence-electron chi connectivity index (χ3n) is 6.41. The third kappa shape index (κ3) is 4.90. The van der Waals surface area contributed by atoms with Crippen LogP contribution in [0.3, 0.4) is 0 Å². The van der Waals surface area contributed by atoms with Gasteiger partial charge in [0.2, 0.25) is 5.91 Å². The van der Waals surface area contributed by atoms with Crippen LogP contribution < -0.4 is 5.73 Å². The molecule has 0 aliphatic carbocycles. The van der Waals surface area contributed by atoms with Crippen molar-refractivity contribution >= 4 is 11.8 Å². The molecule has 7 nitrogen and oxygen atoms in total. The van der Waals surface area contributed by atoms with Crippen molar-refractivity contribution in [3.8, 4) is 17.2 Å². The van der Waals surface area contributed by atoms with Crippen molar-refractivity contribution in [2.75, 3.05) is 33.3 Å². The predicted octanol–water partition coefficient (Wildman–Crippen LogP) is 2.13. The smallest absolute Gasteiger partial charge is 0.253 e. The lowest BCUT2D eigenvalue weighted by Crippen LogP contribution is -2.45. The standard InChI is InChI=1S/C25H27FN4O3/c1-29-9-7-18-11-16(5-6-21(18)25(29)32)17-3-4-19(22(26)13-17)12-20(14-27)30-8-2-10-33-23(15-30)24(28)31/h3-6,11,13,20,23H,2,7-10,12,15H2,1H3,(H2,28,31)/t20-,23-/m0/s1. The lowest BCUT2D eigenvalue weighted by molar-refractivity contribution is -0.129. The van der Waals surface area contributed by atoms with Gasteiger partial charge < -0.3 is 15.4 Å². The van der Waals surface area contributed by atoms with Crippen LogP contribution in [0.5, 0.6) is 0 Å². The number of rotatable bonds is 5. The Labute approximate surface area is 192 Å². The average Bonchev–Trinajstić information content (AvgIpc) is 3.07. The van der Waals surface area contributed by atoms with Crippen LogP contribution in [0.1, 0.15) is 27.9 Å². The molecule has 33 heavy (non-hydrogen) atoms. The highest BCUT2D eigenvalue weighted by atomic mass is 19.1. The van der Waals surface area contributed by atoms with E-state index in [0.29, 0.717) is 37.2 Å². The SMILES string of the molecule is CN1CCc2cc(-c3ccc(C[C@@H](C#N)N4CCCO[C@H](C(N)=O)C4)c(F)c3)ccc2C1=O. The van der Waals surface area contributed by atoms with Gasteiger partial charge in [0.05, 0.1) is 6.07 Å². The number of amides is 2. The number of carbonyl (C=O) groups is 2. The fraction of sp³-hybridized carbons (Fsp3) is 0.400. The number of likely N-dealkylation sites (N-methyl/N-ethyl adjacent to an activating group) is 1. The van der Waals surface area contributed by atoms with Gasteiger partial charge >= 0.3 is 0 Å². The molecule has 0 bridgehead atoms. The van der Waals surface area contributed by atoms with E-state index in [4.69, 9.17) is 10.5 Å². The molecular weight excluding hydrogens is 423 g/mol. The van der Waals surface area contributed by atoms with Gasteiger partial charge in [0.25, 0.3) is 5.91 Å². The van der Waals surface area contributed by atoms with Crippen molar-refractivity contribution in [3.05, 3.63) is 58.9 Å². The minimum atomic E-state index is -0.772. The van der Waals surface area contributed by atoms with E-state index in [0.717, 1.165) is 23.1 Å². The summed E-state index contributed by atoms with van der Waals surface area (Å²) in [7, 11) is 1.79. The van der Waals surface area contributed by atoms with Crippen molar-refractivity contribution < 1.29 is 18.7 Å². The van der Waals surface area contributed by atoms with Crippen molar-refractivity contribution in [1.82, 2.24) is 9.80 Å². The number of nitrogens with two attached hydrogens (primary N) is 1. The van der Waals surface area contributed by atoms with Crippen LogP contribution in [0.25, 0.3) is 11.1 Å². The molecule has 2 aromatic rings. The molecule has 172 valence electrons. The van der Waals surface area contributed by atoms with E-state index < -0.39 is 18.1 Å². The monoisotopic (exact) mass is 450 g/mol. The normalized spacial score (nSPS) is 20.0. The minimum Gasteiger partial charge on any atom is -0.367 e. The second-order valence-electron chi connectivity index (χ2n) is 8.61. The maximum Gasteiger partial charge on any atom is 0.253 e. The van der Waals surface area contributed by atoms with E-state index in [2.05, 4.69) is 6.07 Å². The molecule has 4 rings (SSSR count). The summed E-state index contributed by atoms with van der Waals surface area (Å²) in [5.41, 5.74) is 9.05. The number of hydrogen-bond acceptors (Lipinski definition) is 5. The van der Waals surface area contributed by atoms with Crippen LogP contribution in [0.15, 0.2) is 36.4 Å². The fourth-order valence-electron chi connectivity index (χ4n) is 4.45. The average molecular weight is 451 g/mol. The van der Waals surface area contributed by atoms with E-state index in [1.54, 1.807) is 24.1 Å². The van der Waals surface area contributed by atoms with Gasteiger partial charge in [-0.15, -0.1) is 0 Å². The summed E-state index contributed by atoms with van der Waals surface area (Å²) < 4.78 is 20.5. The summed E-state index contributed by atoms with van der Waals surface area (Å²) in [6.07, 6.45) is 0.854. The van der Waals surface area contributed by atoms with Crippen LogP contribution in [-0.4, -0.2) is 67.0 Å². The summed E-state index contributed by atoms with van der Waals surface area (Å²) in [4.78, 5) is 27.4. The molecule has 0 spiro atoms. The zero-order valence-corrected chi connectivity index (χ0v) is 18.6. The zero-order chi connectivity index (χ0) is 23.5. The Hall–Kier alpha value is -3.28. The lowest BCUT2D eigenvalue weighted by atomic mass is 9.93. The van der Waals surface area contributed by atoms with E-state index in [1.807, 2.05) is 23.1 Å². The van der Waals surface area contributed by atoms with Gasteiger partial charge in [0, 0.05) is 45.3 Å². The molecule has 0 radical (unpaired) electrons. The van der Waals surface area contributed by atoms with Crippen molar-refractivity contribution in [2.45, 2.75) is 31.4 Å². The summed E-state index contributed by atoms with van der Waals surface area (Å²) in [6.45, 7) is 1.85. The third-order valence-corrected chi connectivity index (χ3v) is 6.41. The van der Waals surface area contributed by atoms with Crippen LogP contribution in [0, 0.1) is 17.1 Å². The number of benzene rings is 2. The summed E-state index contributed by atoms with van der Waals surface area (Å²) >= 11 is 0. The Kier molecular flexibility index (Phi) is 6.72. The van der Waals surface area contributed by atoms with Gasteiger partial charge in [-0.1, -0.05) is 24.3 Å². The topological polar surface area (TPSA) is 99.7 Å². The first-order valence-electron chi connectivity index (χ1n) is 11.1. The van der Waals surface area contributed by atoms with Gasteiger partial charge in [0.1, 0.15) is 18.0 Å². The second-order valence-corrected chi connectivity index (χ2v) is 8.61. The number of halogens is 1. The first-order valence-corrected chi connectivity index (χ1v) is 11.1. The van der Waals surface area contributed by atoms with Crippen LogP contribution in [0.4, 0.5) is 4.39 Å². The Morgan fingerprint density at radius 1 is 1.27 bits per heavy atom. The number of nitriles is 1. The summed E-state index contributed by atoms with van der Waals surface area (Å²) in [6, 6.07) is 12.2. The minimum absolute atomic E-state index is 0.00404. The van der Waals surface area contributed by atoms with Crippen LogP contribution >= 0.6 is 0 Å². The van der Waals surface area contributed by atoms with Crippen molar-refractivity contribution in [2.24, 2.45) is 5.73 Å². The van der Waals surface area contributed by atoms with Crippen LogP contribution in [0.2, 0.25) is 0 Å². The van der Waals surface area contributed by atoms with Gasteiger partial charge in [-0.3, -0.25) is 14.5 Å². The van der Waals surface area contributed by atoms with E-state index in [9.17, 15) is 14.9 Å². The number of fused-ring (bicyclic) bond motifs is 1. The lowest BCUT2D eigenvalue weighted by Gasteiger charge is -2.27. The maximum atomic E-state index is 15.0. The Bertz CT molecular complexity index is 1110. The zero-order valence-electron chi connectivity index (χ0n) is 18.6. The molecule has 2 aliphatic heterocycles. The highest BCUT2D eigenvalue weighted by Crippen LogP contribution is 2.28. The van der Waals surface area contributed by atoms with Gasteiger partial charge in [-0.25, -0.2) is 4.39 Å². The number of nitrogens with zero attached hydrogens (tertiary/aromatic N) is 3. The molecule has 2 atom stereocenters. The highest BCUT2D eigenvalue weighted by Gasteiger charge is 2.28. The van der Waals surface area contributed by atoms with E-state index in [1.165, 1.54) is 6.07 Å². The van der Waals surface area contributed by atoms with E-state index in [-0.39, 0.29) is 24.7 Å². The van der Waals surface area contributed by atoms with Gasteiger partial charge in [-0.05, 0) is 47.2 Å². The quantitative estimate of drug-likeness (QED) is 0.752. The molecule has 0 aromatic heterocycles. The number of hydrogen-bond donors (Lipinski definition) is 1. The molecule has 2 amide bonds. The number of carbonyl (C=O) groups excluding carboxylic acids is 2. The number of primary amides is 1. The van der Waals surface area contributed by atoms with Gasteiger partial charge in [-0.2, -0.15) is 5.26 Å². The summed E-state index contributed by atoms with van der Waals surface area (Å²) in [5, 5.41) is 9.73. The first-order chi connectivity index (χ1) is 15.9. The second kappa shape index (κ2) is 9.69. The molecule has 2 heterocycles. The largest absolute Gasteiger partial charge is 0.367 e. The molecule has 1 fully saturated rings. The Morgan fingerprint density at radius 3 is 2.76 bits per heavy atom.